The average Bonchev–Trinajstić information content (AvgIpc) is 2.75. The topological polar surface area (TPSA) is 66.8 Å². The Bertz CT molecular complexity index is 842. The number of carbonyl (C=O) groups excluding carboxylic acids is 1. The van der Waals surface area contributed by atoms with Crippen LogP contribution in [0.5, 0.6) is 5.75 Å². The maximum absolute atomic E-state index is 13.1. The van der Waals surface area contributed by atoms with E-state index in [0.717, 1.165) is 40.8 Å². The van der Waals surface area contributed by atoms with Gasteiger partial charge in [0.25, 0.3) is 5.91 Å². The van der Waals surface area contributed by atoms with E-state index < -0.39 is 12.0 Å². The zero-order valence-corrected chi connectivity index (χ0v) is 18.9. The number of halogens is 1. The number of carboxylic acids is 1. The number of aliphatic carboxylic acids is 1. The highest BCUT2D eigenvalue weighted by molar-refractivity contribution is 7.99. The largest absolute Gasteiger partial charge is 0.493 e. The number of hydrogen-bond donors (Lipinski definition) is 1. The molecular weight excluding hydrogens is 417 g/mol. The van der Waals surface area contributed by atoms with Gasteiger partial charge in [-0.1, -0.05) is 30.0 Å². The lowest BCUT2D eigenvalue weighted by Gasteiger charge is -2.28. The standard InChI is InChI=1S/C24H30FNO4S/c1-18(2)26(24(29)19-11-13-21(14-12-19)31-17-25)16-20-8-5-6-9-22(20)30-15-7-3-4-10-23(27)28/h5-6,8-9,11-14,18H,3-4,7,10,15-17H2,1-2H3,(H,27,28). The van der Waals surface area contributed by atoms with Crippen LogP contribution >= 0.6 is 11.8 Å². The first-order chi connectivity index (χ1) is 14.9. The molecule has 0 aliphatic heterocycles. The Morgan fingerprint density at radius 1 is 1.06 bits per heavy atom. The third kappa shape index (κ3) is 8.25. The lowest BCUT2D eigenvalue weighted by atomic mass is 10.1. The van der Waals surface area contributed by atoms with Crippen LogP contribution in [0, 0.1) is 0 Å². The molecule has 0 saturated heterocycles. The van der Waals surface area contributed by atoms with Crippen LogP contribution in [-0.2, 0) is 11.3 Å². The third-order valence-electron chi connectivity index (χ3n) is 4.81. The molecule has 0 aromatic heterocycles. The van der Waals surface area contributed by atoms with Crippen molar-refractivity contribution in [1.82, 2.24) is 4.90 Å². The molecule has 0 saturated carbocycles. The summed E-state index contributed by atoms with van der Waals surface area (Å²) in [7, 11) is 0. The fraction of sp³-hybridized carbons (Fsp3) is 0.417. The normalized spacial score (nSPS) is 10.8. The fourth-order valence-electron chi connectivity index (χ4n) is 3.11. The highest BCUT2D eigenvalue weighted by Crippen LogP contribution is 2.24. The van der Waals surface area contributed by atoms with E-state index in [1.54, 1.807) is 29.2 Å². The molecule has 1 N–H and O–H groups in total. The van der Waals surface area contributed by atoms with E-state index >= 15 is 0 Å². The first-order valence-corrected chi connectivity index (χ1v) is 11.4. The van der Waals surface area contributed by atoms with Gasteiger partial charge in [-0.2, -0.15) is 0 Å². The van der Waals surface area contributed by atoms with Crippen molar-refractivity contribution in [2.24, 2.45) is 0 Å². The number of para-hydroxylation sites is 1. The summed E-state index contributed by atoms with van der Waals surface area (Å²) in [5.41, 5.74) is 1.48. The van der Waals surface area contributed by atoms with Crippen LogP contribution in [-0.4, -0.2) is 40.5 Å². The van der Waals surface area contributed by atoms with E-state index in [4.69, 9.17) is 9.84 Å². The molecule has 0 atom stereocenters. The van der Waals surface area contributed by atoms with Crippen LogP contribution in [0.1, 0.15) is 55.5 Å². The number of ether oxygens (including phenoxy) is 1. The molecule has 5 nitrogen and oxygen atoms in total. The molecule has 2 rings (SSSR count). The minimum absolute atomic E-state index is 0.0172. The third-order valence-corrected chi connectivity index (χ3v) is 5.53. The lowest BCUT2D eigenvalue weighted by Crippen LogP contribution is -2.36. The second-order valence-electron chi connectivity index (χ2n) is 7.47. The van der Waals surface area contributed by atoms with Gasteiger partial charge >= 0.3 is 5.97 Å². The quantitative estimate of drug-likeness (QED) is 0.311. The van der Waals surface area contributed by atoms with Gasteiger partial charge in [-0.05, 0) is 63.4 Å². The summed E-state index contributed by atoms with van der Waals surface area (Å²) in [6, 6.07) is 14.1. The number of nitrogens with zero attached hydrogens (tertiary/aromatic N) is 1. The second-order valence-corrected chi connectivity index (χ2v) is 8.44. The predicted molar refractivity (Wildman–Crippen MR) is 121 cm³/mol. The van der Waals surface area contributed by atoms with Crippen molar-refractivity contribution in [3.63, 3.8) is 0 Å². The average molecular weight is 448 g/mol. The van der Waals surface area contributed by atoms with Gasteiger partial charge in [-0.15, -0.1) is 0 Å². The first-order valence-electron chi connectivity index (χ1n) is 10.4. The summed E-state index contributed by atoms with van der Waals surface area (Å²) in [6.07, 6.45) is 2.38. The van der Waals surface area contributed by atoms with Gasteiger partial charge in [-0.3, -0.25) is 9.59 Å². The van der Waals surface area contributed by atoms with E-state index in [0.29, 0.717) is 25.1 Å². The number of amides is 1. The molecule has 7 heteroatoms. The SMILES string of the molecule is CC(C)N(Cc1ccccc1OCCCCCC(=O)O)C(=O)c1ccc(SCF)cc1. The Balaban J connectivity index is 2.02. The van der Waals surface area contributed by atoms with Crippen LogP contribution in [0.3, 0.4) is 0 Å². The fourth-order valence-corrected chi connectivity index (χ4v) is 3.56. The van der Waals surface area contributed by atoms with Crippen molar-refractivity contribution in [3.05, 3.63) is 59.7 Å². The minimum atomic E-state index is -0.777. The molecule has 0 spiro atoms. The summed E-state index contributed by atoms with van der Waals surface area (Å²) in [5, 5.41) is 8.70. The molecule has 0 heterocycles. The number of unbranched alkanes of at least 4 members (excludes halogenated alkanes) is 2. The summed E-state index contributed by atoms with van der Waals surface area (Å²) in [5.74, 6) is -0.135. The van der Waals surface area contributed by atoms with Crippen molar-refractivity contribution < 1.29 is 23.8 Å². The van der Waals surface area contributed by atoms with Gasteiger partial charge in [0, 0.05) is 35.0 Å². The number of carbonyl (C=O) groups is 2. The van der Waals surface area contributed by atoms with Crippen molar-refractivity contribution in [1.29, 1.82) is 0 Å². The first kappa shape index (κ1) is 24.7. The zero-order valence-electron chi connectivity index (χ0n) is 18.1. The molecule has 168 valence electrons. The molecule has 0 fully saturated rings. The van der Waals surface area contributed by atoms with Gasteiger partial charge in [0.05, 0.1) is 6.61 Å². The molecule has 2 aromatic rings. The van der Waals surface area contributed by atoms with Gasteiger partial charge in [0.15, 0.2) is 0 Å². The molecule has 0 bridgehead atoms. The molecule has 1 amide bonds. The van der Waals surface area contributed by atoms with Crippen molar-refractivity contribution >= 4 is 23.6 Å². The Labute approximate surface area is 187 Å². The summed E-state index contributed by atoms with van der Waals surface area (Å²) >= 11 is 1.09. The number of alkyl halides is 1. The maximum atomic E-state index is 13.1. The van der Waals surface area contributed by atoms with Gasteiger partial charge in [-0.25, -0.2) is 4.39 Å². The number of benzene rings is 2. The highest BCUT2D eigenvalue weighted by Gasteiger charge is 2.20. The number of rotatable bonds is 13. The monoisotopic (exact) mass is 447 g/mol. The number of hydrogen-bond acceptors (Lipinski definition) is 4. The minimum Gasteiger partial charge on any atom is -0.493 e. The van der Waals surface area contributed by atoms with E-state index in [-0.39, 0.29) is 18.4 Å². The second kappa shape index (κ2) is 13.0. The van der Waals surface area contributed by atoms with Crippen molar-refractivity contribution in [3.8, 4) is 5.75 Å². The van der Waals surface area contributed by atoms with Crippen LogP contribution < -0.4 is 4.74 Å². The number of carboxylic acid groups (broad SMARTS) is 1. The van der Waals surface area contributed by atoms with E-state index in [2.05, 4.69) is 0 Å². The van der Waals surface area contributed by atoms with Crippen LogP contribution in [0.4, 0.5) is 4.39 Å². The molecule has 0 unspecified atom stereocenters. The van der Waals surface area contributed by atoms with Gasteiger partial charge in [0.1, 0.15) is 11.8 Å². The van der Waals surface area contributed by atoms with Crippen LogP contribution in [0.2, 0.25) is 0 Å². The highest BCUT2D eigenvalue weighted by atomic mass is 32.2. The van der Waals surface area contributed by atoms with Gasteiger partial charge < -0.3 is 14.7 Å². The van der Waals surface area contributed by atoms with Crippen molar-refractivity contribution in [2.75, 3.05) is 12.6 Å². The molecule has 0 aliphatic carbocycles. The lowest BCUT2D eigenvalue weighted by molar-refractivity contribution is -0.137. The summed E-state index contributed by atoms with van der Waals surface area (Å²) in [4.78, 5) is 26.3. The Morgan fingerprint density at radius 3 is 2.42 bits per heavy atom. The summed E-state index contributed by atoms with van der Waals surface area (Å²) < 4.78 is 18.4. The summed E-state index contributed by atoms with van der Waals surface area (Å²) in [6.45, 7) is 4.85. The smallest absolute Gasteiger partial charge is 0.303 e. The number of thioether (sulfide) groups is 1. The zero-order chi connectivity index (χ0) is 22.6. The molecular formula is C24H30FNO4S. The Kier molecular flexibility index (Phi) is 10.4. The molecule has 0 aliphatic rings. The van der Waals surface area contributed by atoms with Gasteiger partial charge in [0.2, 0.25) is 0 Å². The Hall–Kier alpha value is -2.54. The van der Waals surface area contributed by atoms with Crippen molar-refractivity contribution in [2.45, 2.75) is 57.0 Å². The molecule has 31 heavy (non-hydrogen) atoms. The Morgan fingerprint density at radius 2 is 1.77 bits per heavy atom. The predicted octanol–water partition coefficient (Wildman–Crippen LogP) is 5.78. The van der Waals surface area contributed by atoms with E-state index in [1.807, 2.05) is 38.1 Å². The van der Waals surface area contributed by atoms with E-state index in [9.17, 15) is 14.0 Å². The van der Waals surface area contributed by atoms with Crippen LogP contribution in [0.15, 0.2) is 53.4 Å². The molecule has 0 radical (unpaired) electrons. The van der Waals surface area contributed by atoms with Crippen LogP contribution in [0.25, 0.3) is 0 Å². The molecule has 2 aromatic carbocycles. The maximum Gasteiger partial charge on any atom is 0.303 e. The van der Waals surface area contributed by atoms with E-state index in [1.165, 1.54) is 0 Å².